The number of hydrogen-bond acceptors (Lipinski definition) is 11. The number of aliphatic hydroxyl groups is 2. The molecule has 13 heteroatoms. The standard InChI is InChI=1S/C23H28F2N6O4S/c1-2-7-36-23-27-21(26-15-9-12(15)11-3-4-13(24)14(25)8-11)18-22(28-23)31(30-29-18)16-10-17(35-6-5-32)20(34)19(16)33/h3-5,8,12,15-17,19-20,29-30,33-34H,2,6-7,9-10H2,1H3,(H,26,27,28). The Morgan fingerprint density at radius 3 is 2.83 bits per heavy atom. The number of rotatable bonds is 10. The van der Waals surface area contributed by atoms with Gasteiger partial charge in [0.1, 0.15) is 30.8 Å². The number of aldehydes is 1. The number of nitrogens with one attached hydrogen (secondary N) is 3. The van der Waals surface area contributed by atoms with Gasteiger partial charge in [0.25, 0.3) is 0 Å². The summed E-state index contributed by atoms with van der Waals surface area (Å²) in [6.07, 6.45) is -0.447. The average molecular weight is 523 g/mol. The second kappa shape index (κ2) is 10.4. The predicted octanol–water partition coefficient (Wildman–Crippen LogP) is 1.95. The first-order valence-corrected chi connectivity index (χ1v) is 12.9. The Labute approximate surface area is 210 Å². The Hall–Kier alpha value is -2.58. The molecule has 2 heterocycles. The van der Waals surface area contributed by atoms with Crippen LogP contribution in [0.1, 0.15) is 37.7 Å². The monoisotopic (exact) mass is 522 g/mol. The van der Waals surface area contributed by atoms with E-state index in [0.717, 1.165) is 30.2 Å². The molecule has 3 aliphatic rings. The molecule has 2 aliphatic carbocycles. The van der Waals surface area contributed by atoms with Crippen molar-refractivity contribution in [1.29, 1.82) is 0 Å². The molecule has 5 rings (SSSR count). The van der Waals surface area contributed by atoms with Crippen molar-refractivity contribution < 1.29 is 28.5 Å². The quantitative estimate of drug-likeness (QED) is 0.178. The number of ether oxygens (including phenoxy) is 1. The van der Waals surface area contributed by atoms with Crippen molar-refractivity contribution in [3.8, 4) is 0 Å². The molecular formula is C23H28F2N6O4S. The molecule has 1 aliphatic heterocycles. The number of aromatic nitrogens is 2. The number of fused-ring (bicyclic) bond motifs is 1. The maximum atomic E-state index is 13.7. The number of halogens is 2. The van der Waals surface area contributed by atoms with Crippen LogP contribution in [0.2, 0.25) is 0 Å². The Bertz CT molecular complexity index is 1130. The van der Waals surface area contributed by atoms with Crippen LogP contribution in [0.15, 0.2) is 23.4 Å². The molecule has 2 fully saturated rings. The third-order valence-corrected chi connectivity index (χ3v) is 7.68. The number of anilines is 3. The molecule has 194 valence electrons. The highest BCUT2D eigenvalue weighted by molar-refractivity contribution is 7.99. The van der Waals surface area contributed by atoms with Gasteiger partial charge in [-0.1, -0.05) is 24.8 Å². The SMILES string of the molecule is CCCSc1nc(NC2CC2c2ccc(F)c(F)c2)c2c(n1)N(C1CC(OCC=O)C(O)C1O)NN2. The lowest BCUT2D eigenvalue weighted by molar-refractivity contribution is -0.117. The third-order valence-electron chi connectivity index (χ3n) is 6.63. The van der Waals surface area contributed by atoms with E-state index in [1.165, 1.54) is 17.8 Å². The molecule has 5 N–H and O–H groups in total. The van der Waals surface area contributed by atoms with Crippen LogP contribution in [-0.2, 0) is 9.53 Å². The van der Waals surface area contributed by atoms with Gasteiger partial charge in [-0.25, -0.2) is 18.7 Å². The average Bonchev–Trinajstić information content (AvgIpc) is 3.41. The van der Waals surface area contributed by atoms with Gasteiger partial charge >= 0.3 is 0 Å². The molecule has 0 bridgehead atoms. The molecule has 6 atom stereocenters. The fourth-order valence-electron chi connectivity index (χ4n) is 4.68. The first-order valence-electron chi connectivity index (χ1n) is 11.9. The fourth-order valence-corrected chi connectivity index (χ4v) is 5.38. The maximum Gasteiger partial charge on any atom is 0.191 e. The van der Waals surface area contributed by atoms with Crippen LogP contribution < -0.4 is 21.3 Å². The maximum absolute atomic E-state index is 13.7. The van der Waals surface area contributed by atoms with E-state index in [-0.39, 0.29) is 25.0 Å². The van der Waals surface area contributed by atoms with Crippen molar-refractivity contribution in [2.75, 3.05) is 28.1 Å². The highest BCUT2D eigenvalue weighted by Crippen LogP contribution is 2.46. The van der Waals surface area contributed by atoms with Crippen LogP contribution in [0.25, 0.3) is 0 Å². The first kappa shape index (κ1) is 25.1. The van der Waals surface area contributed by atoms with Gasteiger partial charge in [0.2, 0.25) is 0 Å². The second-order valence-corrected chi connectivity index (χ2v) is 10.2. The number of nitrogens with zero attached hydrogens (tertiary/aromatic N) is 3. The van der Waals surface area contributed by atoms with Crippen molar-refractivity contribution in [3.63, 3.8) is 0 Å². The van der Waals surface area contributed by atoms with Crippen molar-refractivity contribution in [2.45, 2.75) is 67.7 Å². The lowest BCUT2D eigenvalue weighted by Gasteiger charge is -2.27. The molecule has 1 aromatic carbocycles. The smallest absolute Gasteiger partial charge is 0.191 e. The fraction of sp³-hybridized carbons (Fsp3) is 0.522. The van der Waals surface area contributed by atoms with E-state index in [4.69, 9.17) is 4.74 Å². The number of thioether (sulfide) groups is 1. The summed E-state index contributed by atoms with van der Waals surface area (Å²) in [5.74, 6) is 0.142. The minimum atomic E-state index is -1.16. The molecule has 6 unspecified atom stereocenters. The van der Waals surface area contributed by atoms with E-state index in [9.17, 15) is 23.8 Å². The number of carbonyl (C=O) groups excluding carboxylic acids is 1. The van der Waals surface area contributed by atoms with E-state index in [1.807, 2.05) is 0 Å². The van der Waals surface area contributed by atoms with Gasteiger partial charge in [-0.2, -0.15) is 0 Å². The molecule has 2 aromatic rings. The van der Waals surface area contributed by atoms with E-state index in [0.29, 0.717) is 28.8 Å². The van der Waals surface area contributed by atoms with Crippen LogP contribution in [0.3, 0.4) is 0 Å². The van der Waals surface area contributed by atoms with E-state index >= 15 is 0 Å². The van der Waals surface area contributed by atoms with Gasteiger partial charge in [0.05, 0.1) is 12.1 Å². The summed E-state index contributed by atoms with van der Waals surface area (Å²) in [5, 5.41) is 26.7. The zero-order valence-electron chi connectivity index (χ0n) is 19.5. The lowest BCUT2D eigenvalue weighted by atomic mass is 10.1. The Morgan fingerprint density at radius 2 is 2.08 bits per heavy atom. The molecule has 0 saturated heterocycles. The van der Waals surface area contributed by atoms with Crippen LogP contribution >= 0.6 is 11.8 Å². The summed E-state index contributed by atoms with van der Waals surface area (Å²) < 4.78 is 32.4. The summed E-state index contributed by atoms with van der Waals surface area (Å²) in [6, 6.07) is 3.36. The van der Waals surface area contributed by atoms with Crippen LogP contribution in [0, 0.1) is 11.6 Å². The van der Waals surface area contributed by atoms with E-state index < -0.39 is 36.0 Å². The third kappa shape index (κ3) is 4.85. The van der Waals surface area contributed by atoms with Crippen LogP contribution in [0.5, 0.6) is 0 Å². The van der Waals surface area contributed by atoms with Crippen molar-refractivity contribution in [3.05, 3.63) is 35.4 Å². The van der Waals surface area contributed by atoms with Gasteiger partial charge in [-0.05, 0) is 30.5 Å². The minimum absolute atomic E-state index is 0.0189. The number of carbonyl (C=O) groups is 1. The van der Waals surface area contributed by atoms with Crippen molar-refractivity contribution in [2.24, 2.45) is 0 Å². The lowest BCUT2D eigenvalue weighted by Crippen LogP contribution is -2.49. The highest BCUT2D eigenvalue weighted by atomic mass is 32.2. The normalized spacial score (nSPS) is 28.6. The summed E-state index contributed by atoms with van der Waals surface area (Å²) >= 11 is 1.50. The Morgan fingerprint density at radius 1 is 1.25 bits per heavy atom. The summed E-state index contributed by atoms with van der Waals surface area (Å²) in [4.78, 5) is 20.0. The van der Waals surface area contributed by atoms with Gasteiger partial charge < -0.3 is 25.1 Å². The number of hydrazine groups is 2. The number of benzene rings is 1. The molecule has 0 spiro atoms. The zero-order valence-corrected chi connectivity index (χ0v) is 20.3. The first-order chi connectivity index (χ1) is 17.4. The van der Waals surface area contributed by atoms with Gasteiger partial charge in [-0.15, -0.1) is 5.53 Å². The molecule has 2 saturated carbocycles. The van der Waals surface area contributed by atoms with Crippen LogP contribution in [0.4, 0.5) is 26.1 Å². The van der Waals surface area contributed by atoms with Gasteiger partial charge in [0, 0.05) is 24.1 Å². The molecule has 0 amide bonds. The van der Waals surface area contributed by atoms with E-state index in [1.54, 1.807) is 11.1 Å². The molecule has 36 heavy (non-hydrogen) atoms. The van der Waals surface area contributed by atoms with Crippen molar-refractivity contribution in [1.82, 2.24) is 15.5 Å². The van der Waals surface area contributed by atoms with Crippen LogP contribution in [-0.4, -0.2) is 69.2 Å². The largest absolute Gasteiger partial charge is 0.388 e. The van der Waals surface area contributed by atoms with Gasteiger partial charge in [-0.3, -0.25) is 10.4 Å². The molecule has 10 nitrogen and oxygen atoms in total. The highest BCUT2D eigenvalue weighted by Gasteiger charge is 2.48. The Kier molecular flexibility index (Phi) is 7.26. The number of hydrogen-bond donors (Lipinski definition) is 5. The molecule has 1 aromatic heterocycles. The summed E-state index contributed by atoms with van der Waals surface area (Å²) in [5.41, 5.74) is 7.36. The zero-order chi connectivity index (χ0) is 25.4. The molecule has 0 radical (unpaired) electrons. The van der Waals surface area contributed by atoms with E-state index in [2.05, 4.69) is 33.2 Å². The molecular weight excluding hydrogens is 494 g/mol. The second-order valence-electron chi connectivity index (χ2n) is 9.10. The Balaban J connectivity index is 1.38. The number of aliphatic hydroxyl groups excluding tert-OH is 2. The summed E-state index contributed by atoms with van der Waals surface area (Å²) in [6.45, 7) is 1.89. The van der Waals surface area contributed by atoms with Gasteiger partial charge in [0.15, 0.2) is 28.4 Å². The summed E-state index contributed by atoms with van der Waals surface area (Å²) in [7, 11) is 0. The predicted molar refractivity (Wildman–Crippen MR) is 130 cm³/mol. The minimum Gasteiger partial charge on any atom is -0.388 e. The topological polar surface area (TPSA) is 132 Å². The van der Waals surface area contributed by atoms with Crippen molar-refractivity contribution >= 4 is 35.4 Å².